The predicted molar refractivity (Wildman–Crippen MR) is 81.2 cm³/mol. The van der Waals surface area contributed by atoms with Crippen molar-refractivity contribution in [2.45, 2.75) is 59.0 Å². The highest BCUT2D eigenvalue weighted by molar-refractivity contribution is 5.78. The third-order valence-corrected chi connectivity index (χ3v) is 5.30. The van der Waals surface area contributed by atoms with E-state index in [2.05, 4.69) is 42.9 Å². The quantitative estimate of drug-likeness (QED) is 0.589. The summed E-state index contributed by atoms with van der Waals surface area (Å²) in [6, 6.07) is 1.11. The minimum absolute atomic E-state index is 0.406. The second-order valence-electron chi connectivity index (χ2n) is 6.71. The summed E-state index contributed by atoms with van der Waals surface area (Å²) < 4.78 is 0. The summed E-state index contributed by atoms with van der Waals surface area (Å²) in [5.41, 5.74) is 6.43. The van der Waals surface area contributed by atoms with Gasteiger partial charge in [-0.3, -0.25) is 9.89 Å². The molecule has 1 saturated heterocycles. The maximum Gasteiger partial charge on any atom is 0.188 e. The van der Waals surface area contributed by atoms with Crippen LogP contribution in [-0.2, 0) is 0 Å². The van der Waals surface area contributed by atoms with Crippen molar-refractivity contribution in [1.82, 2.24) is 10.2 Å². The first-order chi connectivity index (χ1) is 8.97. The fourth-order valence-corrected chi connectivity index (χ4v) is 3.18. The van der Waals surface area contributed by atoms with E-state index in [0.717, 1.165) is 13.1 Å². The SMILES string of the molecule is CCN1CCCC1CN=C(N)NC1CC1(C)C(C)C. The van der Waals surface area contributed by atoms with Gasteiger partial charge in [-0.2, -0.15) is 0 Å². The largest absolute Gasteiger partial charge is 0.370 e. The number of nitrogens with one attached hydrogen (secondary N) is 1. The molecule has 4 nitrogen and oxygen atoms in total. The van der Waals surface area contributed by atoms with Gasteiger partial charge < -0.3 is 11.1 Å². The van der Waals surface area contributed by atoms with E-state index in [4.69, 9.17) is 5.73 Å². The summed E-state index contributed by atoms with van der Waals surface area (Å²) in [4.78, 5) is 7.06. The van der Waals surface area contributed by atoms with Crippen molar-refractivity contribution in [1.29, 1.82) is 0 Å². The van der Waals surface area contributed by atoms with Gasteiger partial charge in [0.1, 0.15) is 0 Å². The van der Waals surface area contributed by atoms with E-state index in [0.29, 0.717) is 29.4 Å². The van der Waals surface area contributed by atoms with E-state index >= 15 is 0 Å². The molecule has 2 fully saturated rings. The lowest BCUT2D eigenvalue weighted by Gasteiger charge is -2.21. The average Bonchev–Trinajstić information content (AvgIpc) is 2.85. The molecule has 0 aromatic heterocycles. The zero-order valence-electron chi connectivity index (χ0n) is 12.9. The Labute approximate surface area is 117 Å². The number of rotatable bonds is 5. The van der Waals surface area contributed by atoms with E-state index < -0.39 is 0 Å². The Morgan fingerprint density at radius 2 is 2.26 bits per heavy atom. The van der Waals surface area contributed by atoms with Gasteiger partial charge in [-0.1, -0.05) is 27.7 Å². The summed E-state index contributed by atoms with van der Waals surface area (Å²) >= 11 is 0. The van der Waals surface area contributed by atoms with Crippen molar-refractivity contribution in [3.63, 3.8) is 0 Å². The van der Waals surface area contributed by atoms with Crippen LogP contribution in [0.5, 0.6) is 0 Å². The molecular formula is C15H30N4. The molecule has 0 spiro atoms. The molecule has 110 valence electrons. The Kier molecular flexibility index (Phi) is 4.39. The highest BCUT2D eigenvalue weighted by Crippen LogP contribution is 2.51. The first kappa shape index (κ1) is 14.6. The van der Waals surface area contributed by atoms with Gasteiger partial charge in [0.05, 0.1) is 6.54 Å². The number of guanidine groups is 1. The maximum absolute atomic E-state index is 6.02. The van der Waals surface area contributed by atoms with Crippen LogP contribution in [-0.4, -0.2) is 42.6 Å². The van der Waals surface area contributed by atoms with Crippen LogP contribution in [0.15, 0.2) is 4.99 Å². The van der Waals surface area contributed by atoms with Crippen molar-refractivity contribution in [2.24, 2.45) is 22.1 Å². The summed E-state index contributed by atoms with van der Waals surface area (Å²) in [6.45, 7) is 12.3. The molecule has 0 aromatic carbocycles. The third-order valence-electron chi connectivity index (χ3n) is 5.30. The molecule has 2 rings (SSSR count). The van der Waals surface area contributed by atoms with E-state index in [1.165, 1.54) is 25.8 Å². The van der Waals surface area contributed by atoms with E-state index in [1.54, 1.807) is 0 Å². The molecule has 1 saturated carbocycles. The van der Waals surface area contributed by atoms with Crippen LogP contribution in [0.25, 0.3) is 0 Å². The Balaban J connectivity index is 1.78. The lowest BCUT2D eigenvalue weighted by Crippen LogP contribution is -2.38. The van der Waals surface area contributed by atoms with E-state index in [-0.39, 0.29) is 0 Å². The molecule has 3 unspecified atom stereocenters. The molecule has 0 radical (unpaired) electrons. The van der Waals surface area contributed by atoms with Crippen LogP contribution in [0.3, 0.4) is 0 Å². The summed E-state index contributed by atoms with van der Waals surface area (Å²) in [7, 11) is 0. The third kappa shape index (κ3) is 3.22. The zero-order chi connectivity index (χ0) is 14.0. The number of likely N-dealkylation sites (N-methyl/N-ethyl adjacent to an activating group) is 1. The molecule has 0 bridgehead atoms. The first-order valence-corrected chi connectivity index (χ1v) is 7.78. The second kappa shape index (κ2) is 5.70. The van der Waals surface area contributed by atoms with Crippen molar-refractivity contribution < 1.29 is 0 Å². The van der Waals surface area contributed by atoms with Gasteiger partial charge >= 0.3 is 0 Å². The minimum Gasteiger partial charge on any atom is -0.370 e. The Morgan fingerprint density at radius 1 is 1.53 bits per heavy atom. The molecule has 3 atom stereocenters. The van der Waals surface area contributed by atoms with Crippen molar-refractivity contribution in [3.05, 3.63) is 0 Å². The second-order valence-corrected chi connectivity index (χ2v) is 6.71. The van der Waals surface area contributed by atoms with Crippen LogP contribution in [0, 0.1) is 11.3 Å². The van der Waals surface area contributed by atoms with Gasteiger partial charge in [0.2, 0.25) is 0 Å². The maximum atomic E-state index is 6.02. The van der Waals surface area contributed by atoms with E-state index in [1.807, 2.05) is 0 Å². The van der Waals surface area contributed by atoms with Gasteiger partial charge in [-0.15, -0.1) is 0 Å². The topological polar surface area (TPSA) is 53.6 Å². The molecule has 2 aliphatic rings. The van der Waals surface area contributed by atoms with Crippen LogP contribution in [0.2, 0.25) is 0 Å². The summed E-state index contributed by atoms with van der Waals surface area (Å²) in [6.07, 6.45) is 3.78. The lowest BCUT2D eigenvalue weighted by atomic mass is 9.94. The number of likely N-dealkylation sites (tertiary alicyclic amines) is 1. The van der Waals surface area contributed by atoms with Crippen LogP contribution < -0.4 is 11.1 Å². The van der Waals surface area contributed by atoms with Crippen molar-refractivity contribution >= 4 is 5.96 Å². The molecule has 4 heteroatoms. The smallest absolute Gasteiger partial charge is 0.188 e. The van der Waals surface area contributed by atoms with Gasteiger partial charge in [-0.05, 0) is 43.7 Å². The normalized spacial score (nSPS) is 35.9. The number of hydrogen-bond donors (Lipinski definition) is 2. The van der Waals surface area contributed by atoms with Gasteiger partial charge in [-0.25, -0.2) is 0 Å². The lowest BCUT2D eigenvalue weighted by molar-refractivity contribution is 0.273. The molecule has 1 aliphatic heterocycles. The molecule has 3 N–H and O–H groups in total. The molecule has 0 aromatic rings. The number of nitrogens with zero attached hydrogens (tertiary/aromatic N) is 2. The van der Waals surface area contributed by atoms with Crippen LogP contribution in [0.4, 0.5) is 0 Å². The fraction of sp³-hybridized carbons (Fsp3) is 0.933. The zero-order valence-corrected chi connectivity index (χ0v) is 12.9. The van der Waals surface area contributed by atoms with E-state index in [9.17, 15) is 0 Å². The number of aliphatic imine (C=N–C) groups is 1. The standard InChI is InChI=1S/C15H30N4/c1-5-19-8-6-7-12(19)10-17-14(16)18-13-9-15(13,4)11(2)3/h11-13H,5-10H2,1-4H3,(H3,16,17,18). The summed E-state index contributed by atoms with van der Waals surface area (Å²) in [5, 5.41) is 3.39. The fourth-order valence-electron chi connectivity index (χ4n) is 3.18. The minimum atomic E-state index is 0.406. The monoisotopic (exact) mass is 266 g/mol. The predicted octanol–water partition coefficient (Wildman–Crippen LogP) is 1.81. The summed E-state index contributed by atoms with van der Waals surface area (Å²) in [5.74, 6) is 1.33. The van der Waals surface area contributed by atoms with Crippen molar-refractivity contribution in [3.8, 4) is 0 Å². The first-order valence-electron chi connectivity index (χ1n) is 7.78. The number of nitrogens with two attached hydrogens (primary N) is 1. The molecular weight excluding hydrogens is 236 g/mol. The Hall–Kier alpha value is -0.770. The average molecular weight is 266 g/mol. The highest BCUT2D eigenvalue weighted by atomic mass is 15.2. The van der Waals surface area contributed by atoms with Gasteiger partial charge in [0.15, 0.2) is 5.96 Å². The Morgan fingerprint density at radius 3 is 2.84 bits per heavy atom. The van der Waals surface area contributed by atoms with Gasteiger partial charge in [0.25, 0.3) is 0 Å². The highest BCUT2D eigenvalue weighted by Gasteiger charge is 2.52. The van der Waals surface area contributed by atoms with Crippen LogP contribution in [0.1, 0.15) is 47.0 Å². The van der Waals surface area contributed by atoms with Gasteiger partial charge in [0, 0.05) is 12.1 Å². The molecule has 19 heavy (non-hydrogen) atoms. The molecule has 1 heterocycles. The Bertz CT molecular complexity index is 339. The molecule has 0 amide bonds. The van der Waals surface area contributed by atoms with Crippen molar-refractivity contribution in [2.75, 3.05) is 19.6 Å². The van der Waals surface area contributed by atoms with Crippen LogP contribution >= 0.6 is 0 Å². The molecule has 1 aliphatic carbocycles. The number of hydrogen-bond acceptors (Lipinski definition) is 2.